The molecule has 1 amide bonds. The highest BCUT2D eigenvalue weighted by atomic mass is 16.4. The van der Waals surface area contributed by atoms with Crippen molar-refractivity contribution in [3.63, 3.8) is 0 Å². The first-order valence-corrected chi connectivity index (χ1v) is 2.83. The average molecular weight is 178 g/mol. The second kappa shape index (κ2) is 4.32. The summed E-state index contributed by atoms with van der Waals surface area (Å²) in [5.41, 5.74) is 0. The van der Waals surface area contributed by atoms with Crippen molar-refractivity contribution in [2.75, 3.05) is 0 Å². The van der Waals surface area contributed by atoms with Crippen LogP contribution >= 0.6 is 0 Å². The lowest BCUT2D eigenvalue weighted by Crippen LogP contribution is -2.41. The van der Waals surface area contributed by atoms with Gasteiger partial charge in [0, 0.05) is 8.29 Å². The second-order valence-corrected chi connectivity index (χ2v) is 1.80. The molecule has 0 aliphatic heterocycles. The van der Waals surface area contributed by atoms with Gasteiger partial charge in [0.05, 0.1) is 7.77 Å². The van der Waals surface area contributed by atoms with Gasteiger partial charge in [-0.25, -0.2) is 4.79 Å². The molecule has 6 heteroatoms. The number of hydrogen-bond donors (Lipinski definition) is 3. The van der Waals surface area contributed by atoms with Crippen LogP contribution in [0.1, 0.15) is 16.1 Å². The van der Waals surface area contributed by atoms with Gasteiger partial charge in [0.25, 0.3) is 0 Å². The number of aliphatic carboxylic acids is 2. The van der Waals surface area contributed by atoms with Crippen molar-refractivity contribution >= 4 is 17.8 Å². The molecule has 0 aromatic rings. The number of carboxylic acid groups (broad SMARTS) is 2. The van der Waals surface area contributed by atoms with E-state index in [4.69, 9.17) is 14.4 Å². The maximum atomic E-state index is 10.7. The van der Waals surface area contributed by atoms with Gasteiger partial charge in [-0.3, -0.25) is 9.59 Å². The first-order valence-electron chi connectivity index (χ1n) is 4.36. The third-order valence-corrected chi connectivity index (χ3v) is 0.757. The van der Waals surface area contributed by atoms with Gasteiger partial charge >= 0.3 is 11.9 Å². The predicted molar refractivity (Wildman–Crippen MR) is 37.5 cm³/mol. The van der Waals surface area contributed by atoms with E-state index in [9.17, 15) is 14.4 Å². The van der Waals surface area contributed by atoms with Crippen molar-refractivity contribution in [2.45, 2.75) is 19.3 Å². The summed E-state index contributed by atoms with van der Waals surface area (Å²) in [6.45, 7) is 0.799. The van der Waals surface area contributed by atoms with Crippen LogP contribution in [0.25, 0.3) is 0 Å². The Hall–Kier alpha value is -1.59. The number of carbonyl (C=O) groups excluding carboxylic acids is 1. The van der Waals surface area contributed by atoms with E-state index < -0.39 is 30.3 Å². The Bertz CT molecular complexity index is 287. The molecule has 6 nitrogen and oxygen atoms in total. The Labute approximate surface area is 72.5 Å². The Morgan fingerprint density at radius 2 is 2.17 bits per heavy atom. The van der Waals surface area contributed by atoms with E-state index in [1.54, 1.807) is 0 Å². The number of carboxylic acids is 2. The van der Waals surface area contributed by atoms with Gasteiger partial charge in [-0.05, 0) is 0 Å². The maximum absolute atomic E-state index is 10.7. The van der Waals surface area contributed by atoms with Crippen LogP contribution in [0, 0.1) is 0 Å². The molecule has 0 rings (SSSR count). The molecule has 0 radical (unpaired) electrons. The molecule has 1 unspecified atom stereocenters. The van der Waals surface area contributed by atoms with Crippen molar-refractivity contribution in [1.82, 2.24) is 5.31 Å². The first-order chi connectivity index (χ1) is 6.65. The lowest BCUT2D eigenvalue weighted by molar-refractivity contribution is -0.147. The van der Waals surface area contributed by atoms with Crippen molar-refractivity contribution in [1.29, 1.82) is 0 Å². The summed E-state index contributed by atoms with van der Waals surface area (Å²) in [4.78, 5) is 31.7. The molecule has 0 aliphatic rings. The SMILES string of the molecule is [2H]C(C(=O)O)[C@@]([2H])(C(=O)O)N([2H])C(C)=O. The van der Waals surface area contributed by atoms with Crippen molar-refractivity contribution < 1.29 is 28.8 Å². The summed E-state index contributed by atoms with van der Waals surface area (Å²) in [6, 6.07) is -3.16. The molecule has 0 aromatic heterocycles. The van der Waals surface area contributed by atoms with Crippen LogP contribution in [0.4, 0.5) is 0 Å². The van der Waals surface area contributed by atoms with Gasteiger partial charge in [0.1, 0.15) is 6.02 Å². The molecule has 0 saturated carbocycles. The van der Waals surface area contributed by atoms with E-state index in [1.807, 2.05) is 0 Å². The summed E-state index contributed by atoms with van der Waals surface area (Å²) < 4.78 is 21.1. The molecule has 2 atom stereocenters. The molecule has 12 heavy (non-hydrogen) atoms. The molecule has 3 N–H and O–H groups in total. The van der Waals surface area contributed by atoms with E-state index in [0.29, 0.717) is 0 Å². The number of amides is 1. The third-order valence-electron chi connectivity index (χ3n) is 0.757. The van der Waals surface area contributed by atoms with Crippen LogP contribution in [0.2, 0.25) is 1.41 Å². The molecule has 0 fully saturated rings. The zero-order valence-electron chi connectivity index (χ0n) is 9.14. The Morgan fingerprint density at radius 3 is 2.42 bits per heavy atom. The number of rotatable bonds is 4. The zero-order chi connectivity index (χ0) is 12.4. The lowest BCUT2D eigenvalue weighted by atomic mass is 10.2. The Kier molecular flexibility index (Phi) is 2.16. The van der Waals surface area contributed by atoms with Gasteiger partial charge in [-0.15, -0.1) is 0 Å². The Balaban J connectivity index is 5.33. The minimum Gasteiger partial charge on any atom is -0.481 e. The fourth-order valence-electron chi connectivity index (χ4n) is 0.428. The van der Waals surface area contributed by atoms with Crippen LogP contribution in [0.3, 0.4) is 0 Å². The number of hydrogen-bond acceptors (Lipinski definition) is 3. The van der Waals surface area contributed by atoms with Crippen molar-refractivity contribution in [2.24, 2.45) is 0 Å². The Morgan fingerprint density at radius 1 is 1.67 bits per heavy atom. The summed E-state index contributed by atoms with van der Waals surface area (Å²) in [5.74, 6) is -5.08. The van der Waals surface area contributed by atoms with Crippen LogP contribution in [-0.2, 0) is 14.4 Å². The summed E-state index contributed by atoms with van der Waals surface area (Å²) >= 11 is 0. The molecular formula is C6H9NO5. The summed E-state index contributed by atoms with van der Waals surface area (Å²) in [6.07, 6.45) is -2.46. The summed E-state index contributed by atoms with van der Waals surface area (Å²) in [7, 11) is 0. The van der Waals surface area contributed by atoms with Crippen molar-refractivity contribution in [3.05, 3.63) is 0 Å². The maximum Gasteiger partial charge on any atom is 0.326 e. The molecule has 68 valence electrons. The minimum absolute atomic E-state index is 0.346. The molecular weight excluding hydrogens is 166 g/mol. The van der Waals surface area contributed by atoms with Crippen LogP contribution < -0.4 is 5.31 Å². The molecule has 0 heterocycles. The van der Waals surface area contributed by atoms with Gasteiger partial charge in [-0.2, -0.15) is 0 Å². The standard InChI is InChI=1S/C6H9NO5/c1-3(8)7-4(6(11)12)2-5(9)10/h4H,2H2,1H3,(H,7,8)(H,9,10)(H,11,12)/t4-/m0/s1/i2D,4D/hD/t2?,4-. The van der Waals surface area contributed by atoms with Crippen molar-refractivity contribution in [3.8, 4) is 0 Å². The van der Waals surface area contributed by atoms with E-state index in [0.717, 1.165) is 6.92 Å². The predicted octanol–water partition coefficient (Wildman–Crippen LogP) is -0.950. The van der Waals surface area contributed by atoms with Gasteiger partial charge in [0.2, 0.25) is 5.91 Å². The highest BCUT2D eigenvalue weighted by Crippen LogP contribution is 1.91. The van der Waals surface area contributed by atoms with Gasteiger partial charge in [-0.1, -0.05) is 0 Å². The quantitative estimate of drug-likeness (QED) is 0.515. The van der Waals surface area contributed by atoms with E-state index in [1.165, 1.54) is 0 Å². The highest BCUT2D eigenvalue weighted by molar-refractivity contribution is 5.85. The first kappa shape index (κ1) is 5.99. The highest BCUT2D eigenvalue weighted by Gasteiger charge is 2.21. The second-order valence-electron chi connectivity index (χ2n) is 1.80. The van der Waals surface area contributed by atoms with Gasteiger partial charge < -0.3 is 15.5 Å². The topological polar surface area (TPSA) is 104 Å². The average Bonchev–Trinajstić information content (AvgIpc) is 2.13. The normalized spacial score (nSPS) is 20.6. The largest absolute Gasteiger partial charge is 0.481 e. The smallest absolute Gasteiger partial charge is 0.326 e. The van der Waals surface area contributed by atoms with Gasteiger partial charge in [0.15, 0.2) is 1.41 Å². The minimum atomic E-state index is -3.16. The van der Waals surface area contributed by atoms with Crippen LogP contribution in [-0.4, -0.2) is 34.1 Å². The number of nitrogens with one attached hydrogen (secondary N) is 1. The third kappa shape index (κ3) is 4.26. The van der Waals surface area contributed by atoms with E-state index in [2.05, 4.69) is 0 Å². The monoisotopic (exact) mass is 178 g/mol. The number of carbonyl (C=O) groups is 3. The fraction of sp³-hybridized carbons (Fsp3) is 0.500. The fourth-order valence-corrected chi connectivity index (χ4v) is 0.428. The molecule has 0 aromatic carbocycles. The molecule has 0 aliphatic carbocycles. The van der Waals surface area contributed by atoms with Crippen LogP contribution in [0.5, 0.6) is 0 Å². The van der Waals surface area contributed by atoms with Crippen LogP contribution in [0.15, 0.2) is 0 Å². The van der Waals surface area contributed by atoms with E-state index >= 15 is 0 Å². The molecule has 0 saturated heterocycles. The molecule has 0 bridgehead atoms. The molecule has 0 spiro atoms. The summed E-state index contributed by atoms with van der Waals surface area (Å²) in [5, 5.41) is 16.6. The lowest BCUT2D eigenvalue weighted by Gasteiger charge is -2.09. The van der Waals surface area contributed by atoms with E-state index in [-0.39, 0.29) is 5.31 Å². The zero-order valence-corrected chi connectivity index (χ0v) is 6.14.